The molecule has 5 nitrogen and oxygen atoms in total. The van der Waals surface area contributed by atoms with Crippen LogP contribution in [0.5, 0.6) is 0 Å². The molecule has 0 saturated carbocycles. The second-order valence-electron chi connectivity index (χ2n) is 2.04. The number of anilines is 1. The lowest BCUT2D eigenvalue weighted by Crippen LogP contribution is -1.94. The molecule has 1 N–H and O–H groups in total. The number of hydrazone groups is 1. The van der Waals surface area contributed by atoms with Crippen molar-refractivity contribution >= 4 is 18.1 Å². The van der Waals surface area contributed by atoms with E-state index in [-0.39, 0.29) is 5.69 Å². The molecule has 0 atom stereocenters. The zero-order valence-corrected chi connectivity index (χ0v) is 8.23. The van der Waals surface area contributed by atoms with Crippen molar-refractivity contribution in [3.8, 4) is 0 Å². The Hall–Kier alpha value is -1.91. The Balaban J connectivity index is 0.000000791. The standard InChI is InChI=1S/C7H7N3O2.C2H6/c1-8-9-6-4-2-3-5-7(6)10(11)12;1-2/h2-5,9H,1H2;1-2H3. The first-order valence-corrected chi connectivity index (χ1v) is 4.21. The fourth-order valence-electron chi connectivity index (χ4n) is 0.813. The van der Waals surface area contributed by atoms with Gasteiger partial charge in [-0.05, 0) is 6.07 Å². The molecule has 0 aliphatic carbocycles. The lowest BCUT2D eigenvalue weighted by atomic mass is 10.3. The number of hydrogen-bond donors (Lipinski definition) is 1. The Morgan fingerprint density at radius 2 is 2.00 bits per heavy atom. The van der Waals surface area contributed by atoms with Gasteiger partial charge in [0.15, 0.2) is 0 Å². The maximum atomic E-state index is 10.4. The third-order valence-corrected chi connectivity index (χ3v) is 1.30. The Morgan fingerprint density at radius 3 is 2.50 bits per heavy atom. The van der Waals surface area contributed by atoms with Gasteiger partial charge in [0, 0.05) is 12.8 Å². The molecule has 76 valence electrons. The highest BCUT2D eigenvalue weighted by Gasteiger charge is 2.10. The van der Waals surface area contributed by atoms with Gasteiger partial charge in [0.2, 0.25) is 0 Å². The number of nitro benzene ring substituents is 1. The Bertz CT molecular complexity index is 313. The highest BCUT2D eigenvalue weighted by Crippen LogP contribution is 2.22. The third-order valence-electron chi connectivity index (χ3n) is 1.30. The number of para-hydroxylation sites is 2. The van der Waals surface area contributed by atoms with Gasteiger partial charge >= 0.3 is 0 Å². The zero-order chi connectivity index (χ0) is 11.0. The molecule has 0 aromatic heterocycles. The van der Waals surface area contributed by atoms with Crippen LogP contribution in [0.15, 0.2) is 29.4 Å². The molecule has 0 radical (unpaired) electrons. The fourth-order valence-corrected chi connectivity index (χ4v) is 0.813. The highest BCUT2D eigenvalue weighted by molar-refractivity contribution is 5.61. The SMILES string of the molecule is C=NNc1ccccc1[N+](=O)[O-].CC. The number of nitrogens with one attached hydrogen (secondary N) is 1. The van der Waals surface area contributed by atoms with Gasteiger partial charge < -0.3 is 0 Å². The predicted octanol–water partition coefficient (Wildman–Crippen LogP) is 2.65. The average Bonchev–Trinajstić information content (AvgIpc) is 2.22. The van der Waals surface area contributed by atoms with E-state index >= 15 is 0 Å². The van der Waals surface area contributed by atoms with Crippen molar-refractivity contribution in [2.45, 2.75) is 13.8 Å². The van der Waals surface area contributed by atoms with Crippen LogP contribution in [0, 0.1) is 10.1 Å². The minimum Gasteiger partial charge on any atom is -0.272 e. The summed E-state index contributed by atoms with van der Waals surface area (Å²) in [6, 6.07) is 6.23. The summed E-state index contributed by atoms with van der Waals surface area (Å²) in [4.78, 5) is 9.92. The number of rotatable bonds is 3. The fraction of sp³-hybridized carbons (Fsp3) is 0.222. The lowest BCUT2D eigenvalue weighted by Gasteiger charge is -1.99. The van der Waals surface area contributed by atoms with Crippen molar-refractivity contribution in [1.82, 2.24) is 0 Å². The van der Waals surface area contributed by atoms with Crippen molar-refractivity contribution in [2.75, 3.05) is 5.43 Å². The minimum absolute atomic E-state index is 0.00935. The van der Waals surface area contributed by atoms with E-state index in [1.807, 2.05) is 13.8 Å². The van der Waals surface area contributed by atoms with E-state index in [1.165, 1.54) is 6.07 Å². The van der Waals surface area contributed by atoms with Gasteiger partial charge in [-0.25, -0.2) is 0 Å². The summed E-state index contributed by atoms with van der Waals surface area (Å²) < 4.78 is 0. The molecule has 14 heavy (non-hydrogen) atoms. The molecule has 0 spiro atoms. The predicted molar refractivity (Wildman–Crippen MR) is 57.6 cm³/mol. The van der Waals surface area contributed by atoms with Crippen LogP contribution in [0.1, 0.15) is 13.8 Å². The lowest BCUT2D eigenvalue weighted by molar-refractivity contribution is -0.384. The van der Waals surface area contributed by atoms with Crippen LogP contribution in [0.25, 0.3) is 0 Å². The van der Waals surface area contributed by atoms with Crippen molar-refractivity contribution in [3.05, 3.63) is 34.4 Å². The van der Waals surface area contributed by atoms with Crippen LogP contribution in [0.4, 0.5) is 11.4 Å². The van der Waals surface area contributed by atoms with Crippen LogP contribution in [-0.2, 0) is 0 Å². The van der Waals surface area contributed by atoms with Crippen LogP contribution >= 0.6 is 0 Å². The summed E-state index contributed by atoms with van der Waals surface area (Å²) in [6.07, 6.45) is 0. The number of nitrogens with zero attached hydrogens (tertiary/aromatic N) is 2. The van der Waals surface area contributed by atoms with Crippen LogP contribution < -0.4 is 5.43 Å². The maximum absolute atomic E-state index is 10.4. The van der Waals surface area contributed by atoms with Crippen LogP contribution in [0.3, 0.4) is 0 Å². The third kappa shape index (κ3) is 3.22. The second-order valence-corrected chi connectivity index (χ2v) is 2.04. The van der Waals surface area contributed by atoms with E-state index in [0.29, 0.717) is 5.69 Å². The normalized spacial score (nSPS) is 8.14. The van der Waals surface area contributed by atoms with E-state index in [2.05, 4.69) is 17.2 Å². The molecule has 0 fully saturated rings. The molecule has 0 heterocycles. The quantitative estimate of drug-likeness (QED) is 0.458. The van der Waals surface area contributed by atoms with Crippen molar-refractivity contribution < 1.29 is 4.92 Å². The molecule has 5 heteroatoms. The average molecular weight is 195 g/mol. The Morgan fingerprint density at radius 1 is 1.43 bits per heavy atom. The molecule has 0 bridgehead atoms. The first-order valence-electron chi connectivity index (χ1n) is 4.21. The Kier molecular flexibility index (Phi) is 5.69. The van der Waals surface area contributed by atoms with E-state index in [9.17, 15) is 10.1 Å². The summed E-state index contributed by atoms with van der Waals surface area (Å²) in [7, 11) is 0. The van der Waals surface area contributed by atoms with E-state index in [1.54, 1.807) is 18.2 Å². The number of hydrogen-bond acceptors (Lipinski definition) is 4. The first-order chi connectivity index (χ1) is 6.75. The summed E-state index contributed by atoms with van der Waals surface area (Å²) in [5, 5.41) is 13.7. The molecular weight excluding hydrogens is 182 g/mol. The van der Waals surface area contributed by atoms with Crippen molar-refractivity contribution in [2.24, 2.45) is 5.10 Å². The summed E-state index contributed by atoms with van der Waals surface area (Å²) >= 11 is 0. The van der Waals surface area contributed by atoms with Gasteiger partial charge in [-0.15, -0.1) is 0 Å². The van der Waals surface area contributed by atoms with Gasteiger partial charge in [-0.2, -0.15) is 5.10 Å². The van der Waals surface area contributed by atoms with Crippen LogP contribution in [-0.4, -0.2) is 11.6 Å². The largest absolute Gasteiger partial charge is 0.294 e. The van der Waals surface area contributed by atoms with Gasteiger partial charge in [-0.3, -0.25) is 15.5 Å². The summed E-state index contributed by atoms with van der Waals surface area (Å²) in [5.74, 6) is 0. The highest BCUT2D eigenvalue weighted by atomic mass is 16.6. The van der Waals surface area contributed by atoms with Crippen molar-refractivity contribution in [1.29, 1.82) is 0 Å². The van der Waals surface area contributed by atoms with Crippen molar-refractivity contribution in [3.63, 3.8) is 0 Å². The van der Waals surface area contributed by atoms with Gasteiger partial charge in [0.1, 0.15) is 5.69 Å². The minimum atomic E-state index is -0.479. The van der Waals surface area contributed by atoms with E-state index in [0.717, 1.165) is 0 Å². The molecule has 1 rings (SSSR count). The molecule has 0 unspecified atom stereocenters. The monoisotopic (exact) mass is 195 g/mol. The molecule has 1 aromatic carbocycles. The van der Waals surface area contributed by atoms with Gasteiger partial charge in [0.25, 0.3) is 5.69 Å². The maximum Gasteiger partial charge on any atom is 0.294 e. The number of nitro groups is 1. The van der Waals surface area contributed by atoms with Crippen LogP contribution in [0.2, 0.25) is 0 Å². The molecule has 1 aromatic rings. The molecule has 0 amide bonds. The summed E-state index contributed by atoms with van der Waals surface area (Å²) in [6.45, 7) is 7.17. The van der Waals surface area contributed by atoms with E-state index < -0.39 is 4.92 Å². The topological polar surface area (TPSA) is 67.5 Å². The summed E-state index contributed by atoms with van der Waals surface area (Å²) in [5.41, 5.74) is 2.77. The smallest absolute Gasteiger partial charge is 0.272 e. The zero-order valence-electron chi connectivity index (χ0n) is 8.23. The van der Waals surface area contributed by atoms with E-state index in [4.69, 9.17) is 0 Å². The first kappa shape index (κ1) is 12.1. The molecule has 0 aliphatic heterocycles. The number of benzene rings is 1. The van der Waals surface area contributed by atoms with Gasteiger partial charge in [0.05, 0.1) is 4.92 Å². The second kappa shape index (κ2) is 6.59. The molecule has 0 aliphatic rings. The Labute approximate surface area is 82.6 Å². The van der Waals surface area contributed by atoms with Gasteiger partial charge in [-0.1, -0.05) is 26.0 Å². The molecular formula is C9H13N3O2. The molecule has 0 saturated heterocycles.